The summed E-state index contributed by atoms with van der Waals surface area (Å²) in [6, 6.07) is 0.376. The van der Waals surface area contributed by atoms with Crippen molar-refractivity contribution in [1.29, 1.82) is 0 Å². The maximum Gasteiger partial charge on any atom is 0.244 e. The number of carbonyl (C=O) groups excluding carboxylic acids is 1. The summed E-state index contributed by atoms with van der Waals surface area (Å²) in [6.07, 6.45) is 5.57. The molecule has 0 bridgehead atoms. The van der Waals surface area contributed by atoms with Gasteiger partial charge in [0, 0.05) is 12.6 Å². The van der Waals surface area contributed by atoms with E-state index in [0.717, 1.165) is 38.7 Å². The molecule has 1 aliphatic carbocycles. The van der Waals surface area contributed by atoms with Gasteiger partial charge in [-0.3, -0.25) is 10.1 Å². The van der Waals surface area contributed by atoms with Gasteiger partial charge in [-0.1, -0.05) is 20.3 Å². The highest BCUT2D eigenvalue weighted by Gasteiger charge is 2.51. The van der Waals surface area contributed by atoms with E-state index >= 15 is 0 Å². The maximum absolute atomic E-state index is 12.7. The molecule has 0 spiro atoms. The van der Waals surface area contributed by atoms with E-state index in [2.05, 4.69) is 24.1 Å². The lowest BCUT2D eigenvalue weighted by atomic mass is 9.86. The highest BCUT2D eigenvalue weighted by Crippen LogP contribution is 2.36. The summed E-state index contributed by atoms with van der Waals surface area (Å²) < 4.78 is 5.62. The maximum atomic E-state index is 12.7. The van der Waals surface area contributed by atoms with Gasteiger partial charge in [-0.05, 0) is 39.5 Å². The van der Waals surface area contributed by atoms with Gasteiger partial charge < -0.3 is 9.64 Å². The summed E-state index contributed by atoms with van der Waals surface area (Å²) in [4.78, 5) is 14.8. The van der Waals surface area contributed by atoms with Crippen LogP contribution in [0.5, 0.6) is 0 Å². The Bertz CT molecular complexity index is 328. The van der Waals surface area contributed by atoms with Gasteiger partial charge in [-0.25, -0.2) is 0 Å². The fraction of sp³-hybridized carbons (Fsp3) is 0.933. The molecule has 0 aromatic rings. The van der Waals surface area contributed by atoms with E-state index in [9.17, 15) is 4.79 Å². The fourth-order valence-corrected chi connectivity index (χ4v) is 3.22. The summed E-state index contributed by atoms with van der Waals surface area (Å²) in [6.45, 7) is 9.10. The molecule has 2 unspecified atom stereocenters. The number of amides is 1. The van der Waals surface area contributed by atoms with Crippen molar-refractivity contribution >= 4 is 5.91 Å². The Morgan fingerprint density at radius 1 is 1.37 bits per heavy atom. The zero-order chi connectivity index (χ0) is 14.0. The summed E-state index contributed by atoms with van der Waals surface area (Å²) in [5.74, 6) is 0.286. The first-order valence-electron chi connectivity index (χ1n) is 7.77. The van der Waals surface area contributed by atoms with Gasteiger partial charge in [0.05, 0.1) is 17.8 Å². The predicted molar refractivity (Wildman–Crippen MR) is 75.8 cm³/mol. The minimum absolute atomic E-state index is 0.218. The topological polar surface area (TPSA) is 41.6 Å². The summed E-state index contributed by atoms with van der Waals surface area (Å²) in [7, 11) is 0. The lowest BCUT2D eigenvalue weighted by Gasteiger charge is -2.43. The largest absolute Gasteiger partial charge is 0.378 e. The Labute approximate surface area is 116 Å². The number of ether oxygens (including phenoxy) is 1. The van der Waals surface area contributed by atoms with Gasteiger partial charge in [0.1, 0.15) is 0 Å². The Balaban J connectivity index is 2.02. The molecule has 0 aromatic heterocycles. The van der Waals surface area contributed by atoms with Crippen molar-refractivity contribution in [2.24, 2.45) is 0 Å². The second-order valence-electron chi connectivity index (χ2n) is 6.05. The van der Waals surface area contributed by atoms with E-state index in [4.69, 9.17) is 4.74 Å². The fourth-order valence-electron chi connectivity index (χ4n) is 3.22. The molecule has 1 saturated carbocycles. The molecule has 2 aliphatic rings. The van der Waals surface area contributed by atoms with E-state index < -0.39 is 0 Å². The monoisotopic (exact) mass is 268 g/mol. The molecular weight excluding hydrogens is 240 g/mol. The standard InChI is InChI=1S/C15H28N2O2/c1-5-8-13-16-15(4,6-2)14(18)17(13)11-9-12(10-11)19-7-3/h11-13,16H,5-10H2,1-4H3. The molecule has 110 valence electrons. The third-order valence-corrected chi connectivity index (χ3v) is 4.66. The number of hydrogen-bond acceptors (Lipinski definition) is 3. The molecule has 0 aromatic carbocycles. The summed E-state index contributed by atoms with van der Waals surface area (Å²) in [5.41, 5.74) is -0.365. The van der Waals surface area contributed by atoms with Crippen LogP contribution in [0.15, 0.2) is 0 Å². The lowest BCUT2D eigenvalue weighted by molar-refractivity contribution is -0.141. The highest BCUT2D eigenvalue weighted by atomic mass is 16.5. The third kappa shape index (κ3) is 2.65. The lowest BCUT2D eigenvalue weighted by Crippen LogP contribution is -2.53. The molecule has 4 nitrogen and oxygen atoms in total. The molecule has 1 heterocycles. The van der Waals surface area contributed by atoms with Crippen molar-refractivity contribution in [2.75, 3.05) is 6.61 Å². The van der Waals surface area contributed by atoms with Crippen LogP contribution in [0.1, 0.15) is 59.8 Å². The zero-order valence-electron chi connectivity index (χ0n) is 12.7. The van der Waals surface area contributed by atoms with Crippen LogP contribution in [0.4, 0.5) is 0 Å². The number of nitrogens with one attached hydrogen (secondary N) is 1. The number of hydrogen-bond donors (Lipinski definition) is 1. The Morgan fingerprint density at radius 2 is 2.05 bits per heavy atom. The van der Waals surface area contributed by atoms with Gasteiger partial charge in [-0.2, -0.15) is 0 Å². The van der Waals surface area contributed by atoms with Crippen LogP contribution in [-0.4, -0.2) is 41.3 Å². The molecule has 1 N–H and O–H groups in total. The first-order chi connectivity index (χ1) is 9.05. The Hall–Kier alpha value is -0.610. The van der Waals surface area contributed by atoms with E-state index in [-0.39, 0.29) is 17.6 Å². The number of nitrogens with zero attached hydrogens (tertiary/aromatic N) is 1. The normalized spacial score (nSPS) is 38.6. The minimum atomic E-state index is -0.365. The molecule has 2 rings (SSSR count). The zero-order valence-corrected chi connectivity index (χ0v) is 12.7. The van der Waals surface area contributed by atoms with Crippen LogP contribution in [0.25, 0.3) is 0 Å². The number of carbonyl (C=O) groups is 1. The molecule has 4 heteroatoms. The van der Waals surface area contributed by atoms with Gasteiger partial charge in [0.15, 0.2) is 0 Å². The quantitative estimate of drug-likeness (QED) is 0.803. The summed E-state index contributed by atoms with van der Waals surface area (Å²) >= 11 is 0. The molecule has 1 saturated heterocycles. The summed E-state index contributed by atoms with van der Waals surface area (Å²) in [5, 5.41) is 3.55. The number of rotatable bonds is 6. The SMILES string of the molecule is CCCC1NC(C)(CC)C(=O)N1C1CC(OCC)C1. The molecule has 2 fully saturated rings. The Morgan fingerprint density at radius 3 is 2.58 bits per heavy atom. The molecule has 0 radical (unpaired) electrons. The average Bonchev–Trinajstić information content (AvgIpc) is 2.58. The van der Waals surface area contributed by atoms with Crippen molar-refractivity contribution < 1.29 is 9.53 Å². The van der Waals surface area contributed by atoms with Gasteiger partial charge in [0.25, 0.3) is 0 Å². The van der Waals surface area contributed by atoms with E-state index in [1.54, 1.807) is 0 Å². The smallest absolute Gasteiger partial charge is 0.244 e. The molecule has 2 atom stereocenters. The second-order valence-corrected chi connectivity index (χ2v) is 6.05. The first-order valence-corrected chi connectivity index (χ1v) is 7.77. The van der Waals surface area contributed by atoms with Crippen molar-refractivity contribution in [2.45, 2.75) is 83.6 Å². The van der Waals surface area contributed by atoms with Crippen LogP contribution in [-0.2, 0) is 9.53 Å². The minimum Gasteiger partial charge on any atom is -0.378 e. The van der Waals surface area contributed by atoms with E-state index in [0.29, 0.717) is 12.1 Å². The van der Waals surface area contributed by atoms with E-state index in [1.807, 2.05) is 13.8 Å². The van der Waals surface area contributed by atoms with Crippen LogP contribution in [0, 0.1) is 0 Å². The molecular formula is C15H28N2O2. The third-order valence-electron chi connectivity index (χ3n) is 4.66. The van der Waals surface area contributed by atoms with Crippen molar-refractivity contribution in [3.05, 3.63) is 0 Å². The second kappa shape index (κ2) is 5.80. The van der Waals surface area contributed by atoms with Gasteiger partial charge in [0.2, 0.25) is 5.91 Å². The highest BCUT2D eigenvalue weighted by molar-refractivity contribution is 5.88. The average molecular weight is 268 g/mol. The Kier molecular flexibility index (Phi) is 4.51. The van der Waals surface area contributed by atoms with Crippen molar-refractivity contribution in [3.8, 4) is 0 Å². The van der Waals surface area contributed by atoms with Crippen LogP contribution in [0.2, 0.25) is 0 Å². The van der Waals surface area contributed by atoms with Gasteiger partial charge in [-0.15, -0.1) is 0 Å². The molecule has 19 heavy (non-hydrogen) atoms. The van der Waals surface area contributed by atoms with Crippen LogP contribution in [0.3, 0.4) is 0 Å². The van der Waals surface area contributed by atoms with Crippen molar-refractivity contribution in [3.63, 3.8) is 0 Å². The van der Waals surface area contributed by atoms with Crippen LogP contribution < -0.4 is 5.32 Å². The van der Waals surface area contributed by atoms with Gasteiger partial charge >= 0.3 is 0 Å². The first kappa shape index (κ1) is 14.8. The molecule has 1 amide bonds. The van der Waals surface area contributed by atoms with Crippen LogP contribution >= 0.6 is 0 Å². The van der Waals surface area contributed by atoms with Crippen molar-refractivity contribution in [1.82, 2.24) is 10.2 Å². The molecule has 1 aliphatic heterocycles. The van der Waals surface area contributed by atoms with E-state index in [1.165, 1.54) is 0 Å². The predicted octanol–water partition coefficient (Wildman–Crippen LogP) is 2.28.